The fraction of sp³-hybridized carbons (Fsp3) is 0.167. The van der Waals surface area contributed by atoms with Crippen molar-refractivity contribution < 1.29 is 4.39 Å². The third-order valence-corrected chi connectivity index (χ3v) is 2.75. The van der Waals surface area contributed by atoms with Gasteiger partial charge in [0.15, 0.2) is 5.82 Å². The molecule has 4 nitrogen and oxygen atoms in total. The zero-order valence-corrected chi connectivity index (χ0v) is 10.4. The van der Waals surface area contributed by atoms with Gasteiger partial charge in [-0.3, -0.25) is 4.79 Å². The van der Waals surface area contributed by atoms with Crippen molar-refractivity contribution in [1.29, 1.82) is 0 Å². The highest BCUT2D eigenvalue weighted by atomic mass is 35.5. The van der Waals surface area contributed by atoms with Gasteiger partial charge in [0.1, 0.15) is 5.82 Å². The third kappa shape index (κ3) is 2.68. The largest absolute Gasteiger partial charge is 0.361 e. The molecule has 94 valence electrons. The molecule has 1 N–H and O–H groups in total. The van der Waals surface area contributed by atoms with Crippen LogP contribution in [0.2, 0.25) is 5.02 Å². The van der Waals surface area contributed by atoms with Crippen LogP contribution in [0.25, 0.3) is 0 Å². The fourth-order valence-corrected chi connectivity index (χ4v) is 1.66. The molecule has 0 aliphatic carbocycles. The first-order valence-electron chi connectivity index (χ1n) is 5.27. The summed E-state index contributed by atoms with van der Waals surface area (Å²) < 4.78 is 14.4. The van der Waals surface area contributed by atoms with Crippen molar-refractivity contribution >= 4 is 17.4 Å². The Bertz CT molecular complexity index is 627. The van der Waals surface area contributed by atoms with E-state index in [1.165, 1.54) is 22.9 Å². The van der Waals surface area contributed by atoms with Gasteiger partial charge in [-0.2, -0.15) is 0 Å². The van der Waals surface area contributed by atoms with Gasteiger partial charge in [0, 0.05) is 26.0 Å². The summed E-state index contributed by atoms with van der Waals surface area (Å²) >= 11 is 5.67. The molecule has 2 aromatic rings. The van der Waals surface area contributed by atoms with E-state index >= 15 is 0 Å². The van der Waals surface area contributed by atoms with Crippen LogP contribution in [-0.2, 0) is 13.6 Å². The molecule has 0 bridgehead atoms. The van der Waals surface area contributed by atoms with Gasteiger partial charge < -0.3 is 9.88 Å². The van der Waals surface area contributed by atoms with E-state index in [0.29, 0.717) is 6.54 Å². The Labute approximate surface area is 108 Å². The Morgan fingerprint density at radius 3 is 3.00 bits per heavy atom. The number of aromatic nitrogens is 2. The highest BCUT2D eigenvalue weighted by Gasteiger charge is 2.04. The van der Waals surface area contributed by atoms with Gasteiger partial charge in [0.25, 0.3) is 5.56 Å². The molecule has 1 aromatic heterocycles. The quantitative estimate of drug-likeness (QED) is 0.927. The van der Waals surface area contributed by atoms with Crippen LogP contribution in [0.4, 0.5) is 10.2 Å². The van der Waals surface area contributed by atoms with Crippen LogP contribution < -0.4 is 10.9 Å². The van der Waals surface area contributed by atoms with Gasteiger partial charge in [0.2, 0.25) is 0 Å². The number of rotatable bonds is 3. The van der Waals surface area contributed by atoms with Gasteiger partial charge in [-0.05, 0) is 17.7 Å². The molecule has 0 amide bonds. The topological polar surface area (TPSA) is 46.9 Å². The Hall–Kier alpha value is -1.88. The lowest BCUT2D eigenvalue weighted by atomic mass is 10.2. The molecule has 0 saturated carbocycles. The van der Waals surface area contributed by atoms with Crippen LogP contribution in [0.1, 0.15) is 5.56 Å². The fourth-order valence-electron chi connectivity index (χ4n) is 1.45. The number of halogens is 2. The molecule has 0 spiro atoms. The zero-order chi connectivity index (χ0) is 13.1. The number of hydrogen-bond acceptors (Lipinski definition) is 3. The molecule has 6 heteroatoms. The third-order valence-electron chi connectivity index (χ3n) is 2.46. The van der Waals surface area contributed by atoms with Crippen LogP contribution in [0.5, 0.6) is 0 Å². The molecular formula is C12H11ClFN3O. The highest BCUT2D eigenvalue weighted by molar-refractivity contribution is 6.30. The van der Waals surface area contributed by atoms with Gasteiger partial charge >= 0.3 is 0 Å². The predicted octanol–water partition coefficient (Wildman–Crippen LogP) is 2.18. The van der Waals surface area contributed by atoms with Crippen molar-refractivity contribution in [2.24, 2.45) is 7.05 Å². The van der Waals surface area contributed by atoms with Crippen molar-refractivity contribution in [1.82, 2.24) is 9.55 Å². The monoisotopic (exact) mass is 267 g/mol. The first-order valence-corrected chi connectivity index (χ1v) is 5.65. The molecule has 0 saturated heterocycles. The lowest BCUT2D eigenvalue weighted by molar-refractivity contribution is 0.627. The Balaban J connectivity index is 2.14. The number of hydrogen-bond donors (Lipinski definition) is 1. The lowest BCUT2D eigenvalue weighted by Crippen LogP contribution is -2.21. The lowest BCUT2D eigenvalue weighted by Gasteiger charge is -2.06. The van der Waals surface area contributed by atoms with E-state index < -0.39 is 5.82 Å². The maximum atomic E-state index is 13.0. The molecular weight excluding hydrogens is 257 g/mol. The second kappa shape index (κ2) is 5.18. The minimum Gasteiger partial charge on any atom is -0.361 e. The maximum Gasteiger partial charge on any atom is 0.293 e. The smallest absolute Gasteiger partial charge is 0.293 e. The van der Waals surface area contributed by atoms with Crippen LogP contribution in [0, 0.1) is 5.82 Å². The molecule has 0 atom stereocenters. The van der Waals surface area contributed by atoms with E-state index in [2.05, 4.69) is 10.3 Å². The summed E-state index contributed by atoms with van der Waals surface area (Å²) in [5.41, 5.74) is 0.555. The van der Waals surface area contributed by atoms with E-state index in [9.17, 15) is 9.18 Å². The van der Waals surface area contributed by atoms with Crippen molar-refractivity contribution in [3.05, 3.63) is 57.3 Å². The normalized spacial score (nSPS) is 10.4. The van der Waals surface area contributed by atoms with Crippen LogP contribution in [0.15, 0.2) is 35.4 Å². The Morgan fingerprint density at radius 2 is 2.28 bits per heavy atom. The van der Waals surface area contributed by atoms with Gasteiger partial charge in [-0.25, -0.2) is 9.37 Å². The number of aryl methyl sites for hydroxylation is 1. The highest BCUT2D eigenvalue weighted by Crippen LogP contribution is 2.16. The molecule has 18 heavy (non-hydrogen) atoms. The SMILES string of the molecule is Cn1ccnc(NCc2ccc(F)c(Cl)c2)c1=O. The summed E-state index contributed by atoms with van der Waals surface area (Å²) in [6.45, 7) is 0.353. The molecule has 1 aromatic carbocycles. The van der Waals surface area contributed by atoms with Crippen molar-refractivity contribution in [2.75, 3.05) is 5.32 Å². The molecule has 0 aliphatic heterocycles. The summed E-state index contributed by atoms with van der Waals surface area (Å²) in [6.07, 6.45) is 3.10. The molecule has 0 fully saturated rings. The minimum absolute atomic E-state index is 0.0585. The second-order valence-corrected chi connectivity index (χ2v) is 4.20. The minimum atomic E-state index is -0.464. The summed E-state index contributed by atoms with van der Waals surface area (Å²) in [6, 6.07) is 4.40. The molecule has 1 heterocycles. The Morgan fingerprint density at radius 1 is 1.50 bits per heavy atom. The van der Waals surface area contributed by atoms with E-state index in [0.717, 1.165) is 5.56 Å². The molecule has 0 unspecified atom stereocenters. The van der Waals surface area contributed by atoms with Gasteiger partial charge in [-0.1, -0.05) is 17.7 Å². The summed E-state index contributed by atoms with van der Waals surface area (Å²) in [7, 11) is 1.64. The van der Waals surface area contributed by atoms with Crippen LogP contribution in [0.3, 0.4) is 0 Å². The predicted molar refractivity (Wildman–Crippen MR) is 68.2 cm³/mol. The van der Waals surface area contributed by atoms with Crippen LogP contribution >= 0.6 is 11.6 Å². The van der Waals surface area contributed by atoms with Crippen molar-refractivity contribution in [3.8, 4) is 0 Å². The molecule has 0 aliphatic rings. The number of nitrogens with one attached hydrogen (secondary N) is 1. The Kier molecular flexibility index (Phi) is 3.62. The average molecular weight is 268 g/mol. The standard InChI is InChI=1S/C12H11ClFN3O/c1-17-5-4-15-11(12(17)18)16-7-8-2-3-10(14)9(13)6-8/h2-6H,7H2,1H3,(H,15,16). The first-order chi connectivity index (χ1) is 8.58. The molecule has 0 radical (unpaired) electrons. The van der Waals surface area contributed by atoms with Crippen molar-refractivity contribution in [2.45, 2.75) is 6.54 Å². The van der Waals surface area contributed by atoms with E-state index in [-0.39, 0.29) is 16.4 Å². The first kappa shape index (κ1) is 12.6. The van der Waals surface area contributed by atoms with Gasteiger partial charge in [0.05, 0.1) is 5.02 Å². The summed E-state index contributed by atoms with van der Waals surface area (Å²) in [5, 5.41) is 2.95. The van der Waals surface area contributed by atoms with Crippen molar-refractivity contribution in [3.63, 3.8) is 0 Å². The number of benzene rings is 1. The molecule has 2 rings (SSSR count). The average Bonchev–Trinajstić information content (AvgIpc) is 2.35. The zero-order valence-electron chi connectivity index (χ0n) is 9.65. The van der Waals surface area contributed by atoms with Gasteiger partial charge in [-0.15, -0.1) is 0 Å². The number of nitrogens with zero attached hydrogens (tertiary/aromatic N) is 2. The summed E-state index contributed by atoms with van der Waals surface area (Å²) in [4.78, 5) is 15.6. The van der Waals surface area contributed by atoms with E-state index in [1.54, 1.807) is 19.3 Å². The van der Waals surface area contributed by atoms with E-state index in [4.69, 9.17) is 11.6 Å². The summed E-state index contributed by atoms with van der Waals surface area (Å²) in [5.74, 6) is -0.213. The second-order valence-electron chi connectivity index (χ2n) is 3.79. The van der Waals surface area contributed by atoms with Crippen LogP contribution in [-0.4, -0.2) is 9.55 Å². The maximum absolute atomic E-state index is 13.0. The number of anilines is 1. The van der Waals surface area contributed by atoms with E-state index in [1.807, 2.05) is 0 Å².